The van der Waals surface area contributed by atoms with Gasteiger partial charge in [0.2, 0.25) is 0 Å². The largest absolute Gasteiger partial charge is 0.391 e. The molecule has 24 heavy (non-hydrogen) atoms. The minimum atomic E-state index is 0.473. The average molecular weight is 319 g/mol. The highest BCUT2D eigenvalue weighted by molar-refractivity contribution is 5.79. The Morgan fingerprint density at radius 3 is 2.62 bits per heavy atom. The molecular formula is C22H25NO. The highest BCUT2D eigenvalue weighted by Crippen LogP contribution is 2.32. The number of nitrogens with zero attached hydrogens (tertiary/aromatic N) is 1. The van der Waals surface area contributed by atoms with E-state index < -0.39 is 0 Å². The Labute approximate surface area is 144 Å². The van der Waals surface area contributed by atoms with Crippen LogP contribution in [0.25, 0.3) is 6.08 Å². The van der Waals surface area contributed by atoms with Crippen LogP contribution in [0.15, 0.2) is 60.3 Å². The van der Waals surface area contributed by atoms with Gasteiger partial charge < -0.3 is 4.84 Å². The molecule has 0 amide bonds. The number of oxime groups is 1. The molecule has 0 aliphatic heterocycles. The molecule has 0 aromatic heterocycles. The molecule has 3 rings (SSSR count). The summed E-state index contributed by atoms with van der Waals surface area (Å²) in [6.07, 6.45) is 10.4. The van der Waals surface area contributed by atoms with Crippen LogP contribution in [-0.4, -0.2) is 6.21 Å². The van der Waals surface area contributed by atoms with Crippen molar-refractivity contribution in [3.05, 3.63) is 77.4 Å². The lowest BCUT2D eigenvalue weighted by molar-refractivity contribution is 0.132. The van der Waals surface area contributed by atoms with Crippen LogP contribution in [0.1, 0.15) is 60.3 Å². The maximum atomic E-state index is 5.44. The zero-order valence-corrected chi connectivity index (χ0v) is 14.2. The molecule has 1 aliphatic rings. The minimum Gasteiger partial charge on any atom is -0.391 e. The summed E-state index contributed by atoms with van der Waals surface area (Å²) in [6.45, 7) is 4.26. The van der Waals surface area contributed by atoms with Crippen molar-refractivity contribution in [1.29, 1.82) is 0 Å². The average Bonchev–Trinajstić information content (AvgIpc) is 2.66. The first-order valence-corrected chi connectivity index (χ1v) is 8.82. The van der Waals surface area contributed by atoms with E-state index in [1.165, 1.54) is 37.7 Å². The standard InChI is InChI=1S/C22H25NO/c1-2-18-8-6-10-20(14-18)17-24-23-16-19-9-7-13-22(15-19)21-11-4-3-5-12-21/h2,6-10,13-16,21H,1,3-5,11-12,17H2. The second kappa shape index (κ2) is 8.49. The number of rotatable bonds is 6. The lowest BCUT2D eigenvalue weighted by atomic mass is 9.84. The van der Waals surface area contributed by atoms with Crippen molar-refractivity contribution >= 4 is 12.3 Å². The van der Waals surface area contributed by atoms with Crippen LogP contribution < -0.4 is 0 Å². The van der Waals surface area contributed by atoms with Crippen LogP contribution in [0.4, 0.5) is 0 Å². The van der Waals surface area contributed by atoms with E-state index in [4.69, 9.17) is 4.84 Å². The molecule has 0 heterocycles. The maximum Gasteiger partial charge on any atom is 0.142 e. The SMILES string of the molecule is C=Cc1cccc(CON=Cc2cccc(C3CCCCC3)c2)c1. The molecule has 2 nitrogen and oxygen atoms in total. The Kier molecular flexibility index (Phi) is 5.84. The van der Waals surface area contributed by atoms with Crippen molar-refractivity contribution in [2.45, 2.75) is 44.6 Å². The lowest BCUT2D eigenvalue weighted by Crippen LogP contribution is -2.04. The second-order valence-corrected chi connectivity index (χ2v) is 6.46. The van der Waals surface area contributed by atoms with Crippen LogP contribution in [0.2, 0.25) is 0 Å². The molecule has 2 aromatic carbocycles. The summed E-state index contributed by atoms with van der Waals surface area (Å²) < 4.78 is 0. The highest BCUT2D eigenvalue weighted by Gasteiger charge is 2.15. The van der Waals surface area contributed by atoms with Gasteiger partial charge >= 0.3 is 0 Å². The van der Waals surface area contributed by atoms with Gasteiger partial charge in [-0.3, -0.25) is 0 Å². The Morgan fingerprint density at radius 1 is 1.00 bits per heavy atom. The quantitative estimate of drug-likeness (QED) is 0.478. The molecule has 0 spiro atoms. The Balaban J connectivity index is 1.57. The molecular weight excluding hydrogens is 294 g/mol. The molecule has 0 radical (unpaired) electrons. The van der Waals surface area contributed by atoms with Gasteiger partial charge in [0.05, 0.1) is 6.21 Å². The summed E-state index contributed by atoms with van der Waals surface area (Å²) in [7, 11) is 0. The van der Waals surface area contributed by atoms with Crippen LogP contribution in [0.5, 0.6) is 0 Å². The molecule has 1 aliphatic carbocycles. The summed E-state index contributed by atoms with van der Waals surface area (Å²) >= 11 is 0. The Bertz CT molecular complexity index is 699. The summed E-state index contributed by atoms with van der Waals surface area (Å²) in [5, 5.41) is 4.13. The third kappa shape index (κ3) is 4.58. The molecule has 1 saturated carbocycles. The monoisotopic (exact) mass is 319 g/mol. The first kappa shape index (κ1) is 16.5. The zero-order valence-electron chi connectivity index (χ0n) is 14.2. The third-order valence-corrected chi connectivity index (χ3v) is 4.68. The van der Waals surface area contributed by atoms with Gasteiger partial charge in [-0.2, -0.15) is 0 Å². The maximum absolute atomic E-state index is 5.44. The fourth-order valence-electron chi connectivity index (χ4n) is 3.35. The first-order valence-electron chi connectivity index (χ1n) is 8.82. The van der Waals surface area contributed by atoms with E-state index >= 15 is 0 Å². The van der Waals surface area contributed by atoms with E-state index in [1.807, 2.05) is 30.5 Å². The Morgan fingerprint density at radius 2 is 1.79 bits per heavy atom. The fraction of sp³-hybridized carbons (Fsp3) is 0.318. The lowest BCUT2D eigenvalue weighted by Gasteiger charge is -2.22. The van der Waals surface area contributed by atoms with E-state index in [1.54, 1.807) is 0 Å². The topological polar surface area (TPSA) is 21.6 Å². The van der Waals surface area contributed by atoms with Gasteiger partial charge in [0.1, 0.15) is 6.61 Å². The van der Waals surface area contributed by atoms with Gasteiger partial charge in [0, 0.05) is 0 Å². The minimum absolute atomic E-state index is 0.473. The van der Waals surface area contributed by atoms with Crippen LogP contribution >= 0.6 is 0 Å². The number of hydrogen-bond acceptors (Lipinski definition) is 2. The van der Waals surface area contributed by atoms with E-state index in [0.717, 1.165) is 22.6 Å². The van der Waals surface area contributed by atoms with Gasteiger partial charge in [-0.1, -0.05) is 73.5 Å². The smallest absolute Gasteiger partial charge is 0.142 e. The van der Waals surface area contributed by atoms with Gasteiger partial charge in [0.25, 0.3) is 0 Å². The Hall–Kier alpha value is -2.35. The van der Waals surface area contributed by atoms with Crippen LogP contribution in [-0.2, 0) is 11.4 Å². The predicted molar refractivity (Wildman–Crippen MR) is 101 cm³/mol. The molecule has 2 heteroatoms. The van der Waals surface area contributed by atoms with Gasteiger partial charge in [0.15, 0.2) is 0 Å². The van der Waals surface area contributed by atoms with Crippen LogP contribution in [0, 0.1) is 0 Å². The number of benzene rings is 2. The van der Waals surface area contributed by atoms with Gasteiger partial charge in [-0.15, -0.1) is 0 Å². The van der Waals surface area contributed by atoms with E-state index in [-0.39, 0.29) is 0 Å². The van der Waals surface area contributed by atoms with Gasteiger partial charge in [-0.25, -0.2) is 0 Å². The summed E-state index contributed by atoms with van der Waals surface area (Å²) in [6, 6.07) is 16.8. The van der Waals surface area contributed by atoms with E-state index in [0.29, 0.717) is 6.61 Å². The van der Waals surface area contributed by atoms with Crippen molar-refractivity contribution in [2.75, 3.05) is 0 Å². The summed E-state index contributed by atoms with van der Waals surface area (Å²) in [5.74, 6) is 0.717. The van der Waals surface area contributed by atoms with E-state index in [2.05, 4.69) is 42.1 Å². The summed E-state index contributed by atoms with van der Waals surface area (Å²) in [5.41, 5.74) is 4.75. The van der Waals surface area contributed by atoms with Crippen molar-refractivity contribution in [3.8, 4) is 0 Å². The van der Waals surface area contributed by atoms with Crippen molar-refractivity contribution in [3.63, 3.8) is 0 Å². The zero-order chi connectivity index (χ0) is 16.6. The first-order chi connectivity index (χ1) is 11.8. The molecule has 2 aromatic rings. The van der Waals surface area contributed by atoms with Crippen molar-refractivity contribution < 1.29 is 4.84 Å². The molecule has 0 bridgehead atoms. The molecule has 0 unspecified atom stereocenters. The molecule has 0 saturated heterocycles. The molecule has 1 fully saturated rings. The molecule has 0 N–H and O–H groups in total. The number of hydrogen-bond donors (Lipinski definition) is 0. The second-order valence-electron chi connectivity index (χ2n) is 6.46. The fourth-order valence-corrected chi connectivity index (χ4v) is 3.35. The summed E-state index contributed by atoms with van der Waals surface area (Å²) in [4.78, 5) is 5.44. The normalized spacial score (nSPS) is 15.5. The third-order valence-electron chi connectivity index (χ3n) is 4.68. The molecule has 0 atom stereocenters. The van der Waals surface area contributed by atoms with Crippen molar-refractivity contribution in [1.82, 2.24) is 0 Å². The van der Waals surface area contributed by atoms with E-state index in [9.17, 15) is 0 Å². The molecule has 124 valence electrons. The van der Waals surface area contributed by atoms with Crippen LogP contribution in [0.3, 0.4) is 0 Å². The highest BCUT2D eigenvalue weighted by atomic mass is 16.6. The predicted octanol–water partition coefficient (Wildman–Crippen LogP) is 5.93. The van der Waals surface area contributed by atoms with Crippen molar-refractivity contribution in [2.24, 2.45) is 5.16 Å². The van der Waals surface area contributed by atoms with Gasteiger partial charge in [-0.05, 0) is 53.1 Å².